The predicted octanol–water partition coefficient (Wildman–Crippen LogP) is 15.4. The van der Waals surface area contributed by atoms with Gasteiger partial charge in [0, 0.05) is 19.3 Å². The minimum atomic E-state index is -0.802. The first-order chi connectivity index (χ1) is 29.0. The number of carbonyl (C=O) groups excluding carboxylic acids is 3. The molecule has 0 aliphatic heterocycles. The van der Waals surface area contributed by atoms with Crippen LogP contribution in [0, 0.1) is 0 Å². The third-order valence-corrected chi connectivity index (χ3v) is 9.65. The van der Waals surface area contributed by atoms with E-state index < -0.39 is 6.10 Å². The van der Waals surface area contributed by atoms with Crippen LogP contribution in [0.25, 0.3) is 0 Å². The van der Waals surface area contributed by atoms with Crippen LogP contribution in [0.4, 0.5) is 0 Å². The second kappa shape index (κ2) is 47.0. The van der Waals surface area contributed by atoms with Crippen LogP contribution in [0.1, 0.15) is 201 Å². The molecule has 6 heteroatoms. The highest BCUT2D eigenvalue weighted by Gasteiger charge is 2.19. The molecule has 0 aliphatic rings. The number of ether oxygens (including phenoxy) is 3. The molecule has 0 aliphatic carbocycles. The number of hydrogen-bond acceptors (Lipinski definition) is 6. The number of allylic oxidation sites excluding steroid dienone is 16. The van der Waals surface area contributed by atoms with Crippen molar-refractivity contribution in [3.63, 3.8) is 0 Å². The van der Waals surface area contributed by atoms with Gasteiger partial charge < -0.3 is 14.2 Å². The number of hydrogen-bond donors (Lipinski definition) is 0. The van der Waals surface area contributed by atoms with Crippen LogP contribution in [0.5, 0.6) is 0 Å². The van der Waals surface area contributed by atoms with Crippen molar-refractivity contribution in [3.05, 3.63) is 97.2 Å². The molecule has 1 atom stereocenters. The van der Waals surface area contributed by atoms with Crippen molar-refractivity contribution >= 4 is 17.9 Å². The van der Waals surface area contributed by atoms with E-state index in [-0.39, 0.29) is 31.1 Å². The maximum atomic E-state index is 12.7. The SMILES string of the molecule is CC/C=C\C/C=C\CCCCCCCCCC(=O)OC(COC(=O)CCC/C=C\CCCCCC)COC(=O)CCCCCCC\C=C/C=C\C=C/C=C\C=C/CCC. The summed E-state index contributed by atoms with van der Waals surface area (Å²) >= 11 is 0. The Morgan fingerprint density at radius 2 is 0.780 bits per heavy atom. The summed E-state index contributed by atoms with van der Waals surface area (Å²) in [5.41, 5.74) is 0. The van der Waals surface area contributed by atoms with Gasteiger partial charge in [-0.05, 0) is 83.5 Å². The summed E-state index contributed by atoms with van der Waals surface area (Å²) in [5, 5.41) is 0. The molecule has 0 aromatic carbocycles. The molecule has 0 saturated carbocycles. The first-order valence-electron chi connectivity index (χ1n) is 23.8. The molecule has 0 bridgehead atoms. The lowest BCUT2D eigenvalue weighted by atomic mass is 10.1. The minimum Gasteiger partial charge on any atom is -0.462 e. The van der Waals surface area contributed by atoms with Gasteiger partial charge in [-0.1, -0.05) is 195 Å². The van der Waals surface area contributed by atoms with Crippen LogP contribution in [-0.2, 0) is 28.6 Å². The van der Waals surface area contributed by atoms with Gasteiger partial charge in [0.25, 0.3) is 0 Å². The summed E-state index contributed by atoms with van der Waals surface area (Å²) in [6.07, 6.45) is 61.1. The zero-order valence-corrected chi connectivity index (χ0v) is 38.0. The molecule has 334 valence electrons. The van der Waals surface area contributed by atoms with Gasteiger partial charge in [-0.3, -0.25) is 14.4 Å². The fraction of sp³-hybridized carbons (Fsp3) is 0.642. The van der Waals surface area contributed by atoms with E-state index in [0.717, 1.165) is 96.3 Å². The summed E-state index contributed by atoms with van der Waals surface area (Å²) in [6, 6.07) is 0. The van der Waals surface area contributed by atoms with Crippen LogP contribution in [-0.4, -0.2) is 37.2 Å². The summed E-state index contributed by atoms with van der Waals surface area (Å²) in [4.78, 5) is 37.8. The first-order valence-corrected chi connectivity index (χ1v) is 23.8. The molecule has 0 amide bonds. The third kappa shape index (κ3) is 45.3. The highest BCUT2D eigenvalue weighted by molar-refractivity contribution is 5.71. The molecule has 1 unspecified atom stereocenters. The number of unbranched alkanes of at least 4 members (excludes halogenated alkanes) is 18. The van der Waals surface area contributed by atoms with Crippen LogP contribution in [0.15, 0.2) is 97.2 Å². The smallest absolute Gasteiger partial charge is 0.306 e. The van der Waals surface area contributed by atoms with E-state index in [1.54, 1.807) is 0 Å². The molecule has 0 radical (unpaired) electrons. The van der Waals surface area contributed by atoms with Crippen molar-refractivity contribution < 1.29 is 28.6 Å². The van der Waals surface area contributed by atoms with E-state index in [4.69, 9.17) is 14.2 Å². The van der Waals surface area contributed by atoms with E-state index in [1.807, 2.05) is 36.5 Å². The quantitative estimate of drug-likeness (QED) is 0.0201. The predicted molar refractivity (Wildman–Crippen MR) is 251 cm³/mol. The van der Waals surface area contributed by atoms with Crippen LogP contribution in [0.3, 0.4) is 0 Å². The molecule has 0 spiro atoms. The average Bonchev–Trinajstić information content (AvgIpc) is 3.23. The van der Waals surface area contributed by atoms with Gasteiger partial charge in [0.1, 0.15) is 13.2 Å². The average molecular weight is 819 g/mol. The first kappa shape index (κ1) is 55.3. The van der Waals surface area contributed by atoms with Crippen LogP contribution in [0.2, 0.25) is 0 Å². The molecule has 0 fully saturated rings. The second-order valence-corrected chi connectivity index (χ2v) is 15.4. The number of rotatable bonds is 41. The Hall–Kier alpha value is -3.67. The second-order valence-electron chi connectivity index (χ2n) is 15.4. The zero-order valence-electron chi connectivity index (χ0n) is 38.0. The Kier molecular flexibility index (Phi) is 44.1. The topological polar surface area (TPSA) is 78.9 Å². The molecule has 0 heterocycles. The van der Waals surface area contributed by atoms with E-state index in [1.165, 1.54) is 57.8 Å². The normalized spacial score (nSPS) is 12.9. The fourth-order valence-electron chi connectivity index (χ4n) is 6.10. The number of esters is 3. The Morgan fingerprint density at radius 1 is 0.373 bits per heavy atom. The molecule has 0 aromatic rings. The van der Waals surface area contributed by atoms with Crippen molar-refractivity contribution in [1.29, 1.82) is 0 Å². The summed E-state index contributed by atoms with van der Waals surface area (Å²) in [6.45, 7) is 6.33. The van der Waals surface area contributed by atoms with E-state index in [9.17, 15) is 14.4 Å². The van der Waals surface area contributed by atoms with Crippen LogP contribution < -0.4 is 0 Å². The third-order valence-electron chi connectivity index (χ3n) is 9.65. The van der Waals surface area contributed by atoms with Crippen molar-refractivity contribution in [1.82, 2.24) is 0 Å². The number of carbonyl (C=O) groups is 3. The molecule has 0 saturated heterocycles. The van der Waals surface area contributed by atoms with Crippen molar-refractivity contribution in [2.45, 2.75) is 207 Å². The molecular formula is C53H86O6. The Bertz CT molecular complexity index is 1220. The van der Waals surface area contributed by atoms with Gasteiger partial charge in [0.15, 0.2) is 6.10 Å². The van der Waals surface area contributed by atoms with E-state index in [0.29, 0.717) is 25.7 Å². The van der Waals surface area contributed by atoms with E-state index >= 15 is 0 Å². The Morgan fingerprint density at radius 3 is 1.32 bits per heavy atom. The molecular weight excluding hydrogens is 733 g/mol. The molecule has 0 aromatic heterocycles. The minimum absolute atomic E-state index is 0.104. The molecule has 0 rings (SSSR count). The van der Waals surface area contributed by atoms with Gasteiger partial charge in [-0.25, -0.2) is 0 Å². The standard InChI is InChI=1S/C53H86O6/c1-4-7-10-13-16-19-21-23-25-26-27-28-30-31-34-37-40-43-46-52(55)58-49-50(48-57-51(54)45-42-39-36-33-18-15-12-9-6-3)59-53(56)47-44-41-38-35-32-29-24-22-20-17-14-11-8-5-2/h8,10-11,13,16-17,19-21,23,25-28,33,36,50H,4-7,9,12,14-15,18,22,24,29-32,34-35,37-49H2,1-3H3/b11-8-,13-10-,19-16-,20-17-,23-21-,26-25-,28-27-,36-33-. The van der Waals surface area contributed by atoms with Gasteiger partial charge >= 0.3 is 17.9 Å². The van der Waals surface area contributed by atoms with Gasteiger partial charge in [0.05, 0.1) is 0 Å². The van der Waals surface area contributed by atoms with Crippen molar-refractivity contribution in [2.24, 2.45) is 0 Å². The van der Waals surface area contributed by atoms with Crippen LogP contribution >= 0.6 is 0 Å². The lowest BCUT2D eigenvalue weighted by molar-refractivity contribution is -0.167. The largest absolute Gasteiger partial charge is 0.462 e. The summed E-state index contributed by atoms with van der Waals surface area (Å²) < 4.78 is 16.7. The van der Waals surface area contributed by atoms with Gasteiger partial charge in [0.2, 0.25) is 0 Å². The lowest BCUT2D eigenvalue weighted by Crippen LogP contribution is -2.30. The van der Waals surface area contributed by atoms with Crippen molar-refractivity contribution in [3.8, 4) is 0 Å². The maximum absolute atomic E-state index is 12.7. The summed E-state index contributed by atoms with van der Waals surface area (Å²) in [7, 11) is 0. The Balaban J connectivity index is 4.45. The fourth-order valence-corrected chi connectivity index (χ4v) is 6.10. The molecule has 6 nitrogen and oxygen atoms in total. The molecule has 0 N–H and O–H groups in total. The monoisotopic (exact) mass is 819 g/mol. The highest BCUT2D eigenvalue weighted by Crippen LogP contribution is 2.13. The van der Waals surface area contributed by atoms with Gasteiger partial charge in [-0.2, -0.15) is 0 Å². The zero-order chi connectivity index (χ0) is 43.0. The highest BCUT2D eigenvalue weighted by atomic mass is 16.6. The Labute approximate surface area is 362 Å². The lowest BCUT2D eigenvalue weighted by Gasteiger charge is -2.18. The molecule has 59 heavy (non-hydrogen) atoms. The summed E-state index contributed by atoms with van der Waals surface area (Å²) in [5.74, 6) is -0.980. The van der Waals surface area contributed by atoms with E-state index in [2.05, 4.69) is 81.5 Å². The van der Waals surface area contributed by atoms with Gasteiger partial charge in [-0.15, -0.1) is 0 Å². The maximum Gasteiger partial charge on any atom is 0.306 e. The van der Waals surface area contributed by atoms with Crippen molar-refractivity contribution in [2.75, 3.05) is 13.2 Å².